The molecule has 0 amide bonds. The molecule has 1 fully saturated rings. The molecule has 2 rings (SSSR count). The summed E-state index contributed by atoms with van der Waals surface area (Å²) in [6.07, 6.45) is 5.84. The number of hydrogen-bond donors (Lipinski definition) is 1. The van der Waals surface area contributed by atoms with Crippen LogP contribution in [0.25, 0.3) is 0 Å². The molecule has 106 valence electrons. The van der Waals surface area contributed by atoms with Gasteiger partial charge in [-0.3, -0.25) is 0 Å². The first-order valence-corrected chi connectivity index (χ1v) is 7.93. The van der Waals surface area contributed by atoms with Crippen LogP contribution in [-0.2, 0) is 0 Å². The topological polar surface area (TPSA) is 12.0 Å². The standard InChI is InChI=1S/C15H21F2NS/c1-2-18-13-6-4-3-5-7-14(13)19-15-10-11(16)8-9-12(15)17/h8-10,13-14,18H,2-7H2,1H3. The molecule has 1 N–H and O–H groups in total. The molecule has 0 spiro atoms. The average Bonchev–Trinajstić information content (AvgIpc) is 2.60. The molecule has 0 aromatic heterocycles. The van der Waals surface area contributed by atoms with Crippen molar-refractivity contribution < 1.29 is 8.78 Å². The summed E-state index contributed by atoms with van der Waals surface area (Å²) >= 11 is 1.49. The normalized spacial score (nSPS) is 24.2. The van der Waals surface area contributed by atoms with Gasteiger partial charge >= 0.3 is 0 Å². The first-order chi connectivity index (χ1) is 9.20. The van der Waals surface area contributed by atoms with Gasteiger partial charge in [0.15, 0.2) is 0 Å². The Morgan fingerprint density at radius 1 is 1.21 bits per heavy atom. The van der Waals surface area contributed by atoms with Crippen molar-refractivity contribution in [2.45, 2.75) is 55.2 Å². The molecule has 1 aliphatic rings. The van der Waals surface area contributed by atoms with Gasteiger partial charge in [-0.15, -0.1) is 11.8 Å². The van der Waals surface area contributed by atoms with Gasteiger partial charge in [0.25, 0.3) is 0 Å². The quantitative estimate of drug-likeness (QED) is 0.825. The van der Waals surface area contributed by atoms with E-state index < -0.39 is 0 Å². The van der Waals surface area contributed by atoms with Crippen LogP contribution in [-0.4, -0.2) is 17.8 Å². The van der Waals surface area contributed by atoms with Gasteiger partial charge in [0.05, 0.1) is 0 Å². The SMILES string of the molecule is CCNC1CCCCCC1Sc1cc(F)ccc1F. The maximum absolute atomic E-state index is 13.7. The number of benzene rings is 1. The van der Waals surface area contributed by atoms with Crippen LogP contribution in [0.2, 0.25) is 0 Å². The first-order valence-electron chi connectivity index (χ1n) is 7.05. The molecule has 4 heteroatoms. The van der Waals surface area contributed by atoms with Gasteiger partial charge in [-0.1, -0.05) is 26.2 Å². The van der Waals surface area contributed by atoms with Crippen LogP contribution in [0.5, 0.6) is 0 Å². The van der Waals surface area contributed by atoms with Crippen LogP contribution in [0.3, 0.4) is 0 Å². The summed E-state index contributed by atoms with van der Waals surface area (Å²) in [7, 11) is 0. The van der Waals surface area contributed by atoms with Gasteiger partial charge in [-0.05, 0) is 37.6 Å². The predicted molar refractivity (Wildman–Crippen MR) is 76.6 cm³/mol. The molecule has 0 radical (unpaired) electrons. The monoisotopic (exact) mass is 285 g/mol. The van der Waals surface area contributed by atoms with E-state index in [2.05, 4.69) is 12.2 Å². The molecule has 0 saturated heterocycles. The lowest BCUT2D eigenvalue weighted by molar-refractivity contribution is 0.481. The van der Waals surface area contributed by atoms with Gasteiger partial charge in [-0.2, -0.15) is 0 Å². The Kier molecular flexibility index (Phi) is 5.64. The van der Waals surface area contributed by atoms with Crippen molar-refractivity contribution in [1.29, 1.82) is 0 Å². The highest BCUT2D eigenvalue weighted by molar-refractivity contribution is 8.00. The third-order valence-electron chi connectivity index (χ3n) is 3.59. The summed E-state index contributed by atoms with van der Waals surface area (Å²) in [6, 6.07) is 4.11. The van der Waals surface area contributed by atoms with E-state index in [1.165, 1.54) is 49.2 Å². The van der Waals surface area contributed by atoms with Gasteiger partial charge in [0.1, 0.15) is 11.6 Å². The van der Waals surface area contributed by atoms with E-state index in [1.807, 2.05) is 0 Å². The third-order valence-corrected chi connectivity index (χ3v) is 5.02. The Balaban J connectivity index is 2.11. The van der Waals surface area contributed by atoms with E-state index >= 15 is 0 Å². The maximum atomic E-state index is 13.7. The van der Waals surface area contributed by atoms with Crippen molar-refractivity contribution in [1.82, 2.24) is 5.32 Å². The fraction of sp³-hybridized carbons (Fsp3) is 0.600. The van der Waals surface area contributed by atoms with Crippen LogP contribution in [0.1, 0.15) is 39.0 Å². The molecule has 1 aromatic carbocycles. The zero-order valence-electron chi connectivity index (χ0n) is 11.3. The number of rotatable bonds is 4. The molecule has 2 atom stereocenters. The van der Waals surface area contributed by atoms with E-state index in [-0.39, 0.29) is 11.6 Å². The van der Waals surface area contributed by atoms with Crippen LogP contribution >= 0.6 is 11.8 Å². The summed E-state index contributed by atoms with van der Waals surface area (Å²) in [5.74, 6) is -0.677. The van der Waals surface area contributed by atoms with Gasteiger partial charge in [0.2, 0.25) is 0 Å². The van der Waals surface area contributed by atoms with Crippen LogP contribution in [0.4, 0.5) is 8.78 Å². The largest absolute Gasteiger partial charge is 0.313 e. The van der Waals surface area contributed by atoms with Crippen molar-refractivity contribution in [3.63, 3.8) is 0 Å². The van der Waals surface area contributed by atoms with Crippen molar-refractivity contribution in [3.8, 4) is 0 Å². The summed E-state index contributed by atoms with van der Waals surface area (Å²) in [4.78, 5) is 0.440. The zero-order valence-corrected chi connectivity index (χ0v) is 12.1. The first kappa shape index (κ1) is 14.8. The average molecular weight is 285 g/mol. The van der Waals surface area contributed by atoms with E-state index in [4.69, 9.17) is 0 Å². The van der Waals surface area contributed by atoms with Crippen LogP contribution in [0.15, 0.2) is 23.1 Å². The lowest BCUT2D eigenvalue weighted by Gasteiger charge is -2.25. The fourth-order valence-electron chi connectivity index (χ4n) is 2.64. The Morgan fingerprint density at radius 2 is 2.00 bits per heavy atom. The van der Waals surface area contributed by atoms with Crippen molar-refractivity contribution in [2.24, 2.45) is 0 Å². The highest BCUT2D eigenvalue weighted by atomic mass is 32.2. The lowest BCUT2D eigenvalue weighted by atomic mass is 10.1. The molecular weight excluding hydrogens is 264 g/mol. The zero-order chi connectivity index (χ0) is 13.7. The van der Waals surface area contributed by atoms with Gasteiger partial charge in [0, 0.05) is 16.2 Å². The number of thioether (sulfide) groups is 1. The summed E-state index contributed by atoms with van der Waals surface area (Å²) in [5, 5.41) is 3.82. The molecule has 1 aromatic rings. The summed E-state index contributed by atoms with van der Waals surface area (Å²) in [5.41, 5.74) is 0. The van der Waals surface area contributed by atoms with E-state index in [0.717, 1.165) is 19.4 Å². The summed E-state index contributed by atoms with van der Waals surface area (Å²) < 4.78 is 27.0. The lowest BCUT2D eigenvalue weighted by Crippen LogP contribution is -2.37. The highest BCUT2D eigenvalue weighted by Crippen LogP contribution is 2.34. The predicted octanol–water partition coefficient (Wildman–Crippen LogP) is 4.37. The van der Waals surface area contributed by atoms with E-state index in [0.29, 0.717) is 16.2 Å². The number of halogens is 2. The Labute approximate surface area is 118 Å². The second-order valence-corrected chi connectivity index (χ2v) is 6.31. The molecule has 1 nitrogen and oxygen atoms in total. The van der Waals surface area contributed by atoms with Crippen molar-refractivity contribution in [3.05, 3.63) is 29.8 Å². The van der Waals surface area contributed by atoms with Crippen LogP contribution < -0.4 is 5.32 Å². The summed E-state index contributed by atoms with van der Waals surface area (Å²) in [6.45, 7) is 3.02. The minimum Gasteiger partial charge on any atom is -0.313 e. The molecule has 0 aliphatic heterocycles. The third kappa shape index (κ3) is 4.18. The van der Waals surface area contributed by atoms with Crippen molar-refractivity contribution in [2.75, 3.05) is 6.54 Å². The smallest absolute Gasteiger partial charge is 0.136 e. The van der Waals surface area contributed by atoms with E-state index in [9.17, 15) is 8.78 Å². The minimum absolute atomic E-state index is 0.314. The Hall–Kier alpha value is -0.610. The molecule has 0 heterocycles. The maximum Gasteiger partial charge on any atom is 0.136 e. The second-order valence-electron chi connectivity index (χ2n) is 5.03. The second kappa shape index (κ2) is 7.25. The molecular formula is C15H21F2NS. The molecule has 1 saturated carbocycles. The van der Waals surface area contributed by atoms with Crippen molar-refractivity contribution >= 4 is 11.8 Å². The number of nitrogens with one attached hydrogen (secondary N) is 1. The Morgan fingerprint density at radius 3 is 2.79 bits per heavy atom. The van der Waals surface area contributed by atoms with E-state index in [1.54, 1.807) is 0 Å². The number of hydrogen-bond acceptors (Lipinski definition) is 2. The van der Waals surface area contributed by atoms with Gasteiger partial charge in [-0.25, -0.2) is 8.78 Å². The van der Waals surface area contributed by atoms with Crippen LogP contribution in [0, 0.1) is 11.6 Å². The molecule has 0 bridgehead atoms. The fourth-order valence-corrected chi connectivity index (χ4v) is 4.01. The Bertz CT molecular complexity index is 411. The highest BCUT2D eigenvalue weighted by Gasteiger charge is 2.24. The minimum atomic E-state index is -0.363. The van der Waals surface area contributed by atoms with Gasteiger partial charge < -0.3 is 5.32 Å². The molecule has 1 aliphatic carbocycles. The molecule has 2 unspecified atom stereocenters. The molecule has 19 heavy (non-hydrogen) atoms.